The molecule has 3 rings (SSSR count). The van der Waals surface area contributed by atoms with Gasteiger partial charge in [0.1, 0.15) is 0 Å². The molecule has 134 valence electrons. The zero-order chi connectivity index (χ0) is 17.7. The van der Waals surface area contributed by atoms with Gasteiger partial charge in [0.25, 0.3) is 5.88 Å². The van der Waals surface area contributed by atoms with Crippen LogP contribution in [-0.2, 0) is 15.8 Å². The van der Waals surface area contributed by atoms with Gasteiger partial charge in [-0.05, 0) is 18.4 Å². The first-order valence-corrected chi connectivity index (χ1v) is 9.82. The fourth-order valence-corrected chi connectivity index (χ4v) is 4.48. The Hall–Kier alpha value is -2.19. The average molecular weight is 362 g/mol. The van der Waals surface area contributed by atoms with Crippen molar-refractivity contribution in [3.63, 3.8) is 0 Å². The van der Waals surface area contributed by atoms with Crippen molar-refractivity contribution in [1.82, 2.24) is 14.3 Å². The first-order chi connectivity index (χ1) is 12.1. The maximum Gasteiger partial charge on any atom is 0.257 e. The van der Waals surface area contributed by atoms with Gasteiger partial charge in [0.05, 0.1) is 12.9 Å². The van der Waals surface area contributed by atoms with Crippen molar-refractivity contribution in [3.8, 4) is 5.88 Å². The van der Waals surface area contributed by atoms with Crippen LogP contribution in [0.5, 0.6) is 5.88 Å². The Morgan fingerprint density at radius 1 is 1.16 bits per heavy atom. The van der Waals surface area contributed by atoms with Crippen LogP contribution in [0.15, 0.2) is 42.7 Å². The third kappa shape index (κ3) is 4.46. The Balaban J connectivity index is 1.58. The SMILES string of the molecule is COc1nccnc1NC1CCN(S(=O)(=O)Cc2ccccc2)CC1. The number of nitrogens with one attached hydrogen (secondary N) is 1. The maximum absolute atomic E-state index is 12.6. The summed E-state index contributed by atoms with van der Waals surface area (Å²) in [6.45, 7) is 0.991. The Bertz CT molecular complexity index is 791. The van der Waals surface area contributed by atoms with Crippen LogP contribution < -0.4 is 10.1 Å². The summed E-state index contributed by atoms with van der Waals surface area (Å²) < 4.78 is 31.9. The molecule has 1 aromatic heterocycles. The smallest absolute Gasteiger partial charge is 0.257 e. The number of rotatable bonds is 6. The molecule has 1 aliphatic heterocycles. The highest BCUT2D eigenvalue weighted by molar-refractivity contribution is 7.88. The van der Waals surface area contributed by atoms with Crippen molar-refractivity contribution in [2.24, 2.45) is 0 Å². The lowest BCUT2D eigenvalue weighted by Gasteiger charge is -2.32. The highest BCUT2D eigenvalue weighted by Crippen LogP contribution is 2.23. The van der Waals surface area contributed by atoms with Crippen molar-refractivity contribution in [1.29, 1.82) is 0 Å². The van der Waals surface area contributed by atoms with Crippen LogP contribution in [0.25, 0.3) is 0 Å². The number of sulfonamides is 1. The minimum atomic E-state index is -3.29. The quantitative estimate of drug-likeness (QED) is 0.845. The van der Waals surface area contributed by atoms with Crippen LogP contribution in [0.3, 0.4) is 0 Å². The molecule has 1 aliphatic rings. The third-order valence-corrected chi connectivity index (χ3v) is 6.09. The topological polar surface area (TPSA) is 84.4 Å². The van der Waals surface area contributed by atoms with Gasteiger partial charge in [-0.1, -0.05) is 30.3 Å². The Morgan fingerprint density at radius 2 is 1.84 bits per heavy atom. The van der Waals surface area contributed by atoms with Gasteiger partial charge < -0.3 is 10.1 Å². The largest absolute Gasteiger partial charge is 0.478 e. The summed E-state index contributed by atoms with van der Waals surface area (Å²) in [6.07, 6.45) is 4.61. The van der Waals surface area contributed by atoms with E-state index in [9.17, 15) is 8.42 Å². The molecular weight excluding hydrogens is 340 g/mol. The molecule has 25 heavy (non-hydrogen) atoms. The number of hydrogen-bond donors (Lipinski definition) is 1. The van der Waals surface area contributed by atoms with E-state index in [1.54, 1.807) is 23.8 Å². The normalized spacial score (nSPS) is 16.5. The molecule has 0 amide bonds. The highest BCUT2D eigenvalue weighted by atomic mass is 32.2. The number of piperidine rings is 1. The van der Waals surface area contributed by atoms with Crippen molar-refractivity contribution >= 4 is 15.8 Å². The third-order valence-electron chi connectivity index (χ3n) is 4.24. The minimum absolute atomic E-state index is 0.0456. The van der Waals surface area contributed by atoms with Crippen molar-refractivity contribution in [3.05, 3.63) is 48.3 Å². The van der Waals surface area contributed by atoms with Gasteiger partial charge in [-0.3, -0.25) is 0 Å². The van der Waals surface area contributed by atoms with E-state index in [0.717, 1.165) is 5.56 Å². The van der Waals surface area contributed by atoms with Gasteiger partial charge in [0.2, 0.25) is 10.0 Å². The first kappa shape index (κ1) is 17.6. The summed E-state index contributed by atoms with van der Waals surface area (Å²) in [5.41, 5.74) is 0.812. The molecule has 1 saturated heterocycles. The molecule has 0 atom stereocenters. The number of nitrogens with zero attached hydrogens (tertiary/aromatic N) is 3. The van der Waals surface area contributed by atoms with E-state index in [-0.39, 0.29) is 11.8 Å². The summed E-state index contributed by atoms with van der Waals surface area (Å²) in [5.74, 6) is 1.08. The van der Waals surface area contributed by atoms with Crippen LogP contribution in [0.4, 0.5) is 5.82 Å². The van der Waals surface area contributed by atoms with E-state index in [2.05, 4.69) is 15.3 Å². The van der Waals surface area contributed by atoms with E-state index in [0.29, 0.717) is 37.6 Å². The Labute approximate surface area is 148 Å². The molecule has 0 bridgehead atoms. The summed E-state index contributed by atoms with van der Waals surface area (Å²) >= 11 is 0. The molecule has 0 spiro atoms. The number of aromatic nitrogens is 2. The number of ether oxygens (including phenoxy) is 1. The number of anilines is 1. The maximum atomic E-state index is 12.6. The van der Waals surface area contributed by atoms with Crippen LogP contribution in [-0.4, -0.2) is 48.9 Å². The molecule has 2 heterocycles. The molecule has 7 nitrogen and oxygen atoms in total. The van der Waals surface area contributed by atoms with Gasteiger partial charge in [-0.2, -0.15) is 0 Å². The second-order valence-corrected chi connectivity index (χ2v) is 7.94. The molecule has 2 aromatic rings. The van der Waals surface area contributed by atoms with E-state index in [1.807, 2.05) is 30.3 Å². The highest BCUT2D eigenvalue weighted by Gasteiger charge is 2.28. The standard InChI is InChI=1S/C17H22N4O3S/c1-24-17-16(18-9-10-19-17)20-15-7-11-21(12-8-15)25(22,23)13-14-5-3-2-4-6-14/h2-6,9-10,15H,7-8,11-13H2,1H3,(H,18,20). The van der Waals surface area contributed by atoms with Gasteiger partial charge in [-0.25, -0.2) is 22.7 Å². The zero-order valence-corrected chi connectivity index (χ0v) is 14.9. The predicted molar refractivity (Wildman–Crippen MR) is 95.9 cm³/mol. The molecular formula is C17H22N4O3S. The molecule has 1 N–H and O–H groups in total. The molecule has 0 aliphatic carbocycles. The zero-order valence-electron chi connectivity index (χ0n) is 14.1. The number of benzene rings is 1. The summed E-state index contributed by atoms with van der Waals surface area (Å²) in [7, 11) is -1.74. The Kier molecular flexibility index (Phi) is 5.50. The van der Waals surface area contributed by atoms with E-state index >= 15 is 0 Å². The Morgan fingerprint density at radius 3 is 2.52 bits per heavy atom. The monoisotopic (exact) mass is 362 g/mol. The van der Waals surface area contributed by atoms with E-state index in [4.69, 9.17) is 4.74 Å². The van der Waals surface area contributed by atoms with Gasteiger partial charge in [0, 0.05) is 31.5 Å². The van der Waals surface area contributed by atoms with Crippen LogP contribution >= 0.6 is 0 Å². The minimum Gasteiger partial charge on any atom is -0.478 e. The predicted octanol–water partition coefficient (Wildman–Crippen LogP) is 1.89. The molecule has 0 saturated carbocycles. The molecule has 8 heteroatoms. The molecule has 1 aromatic carbocycles. The summed E-state index contributed by atoms with van der Waals surface area (Å²) in [5, 5.41) is 3.30. The van der Waals surface area contributed by atoms with Crippen molar-refractivity contribution in [2.75, 3.05) is 25.5 Å². The first-order valence-electron chi connectivity index (χ1n) is 8.22. The number of methoxy groups -OCH3 is 1. The lowest BCUT2D eigenvalue weighted by molar-refractivity contribution is 0.327. The van der Waals surface area contributed by atoms with Crippen LogP contribution in [0.1, 0.15) is 18.4 Å². The lowest BCUT2D eigenvalue weighted by atomic mass is 10.1. The van der Waals surface area contributed by atoms with Gasteiger partial charge in [0.15, 0.2) is 5.82 Å². The number of hydrogen-bond acceptors (Lipinski definition) is 6. The second-order valence-electron chi connectivity index (χ2n) is 5.97. The fourth-order valence-electron chi connectivity index (χ4n) is 2.92. The lowest BCUT2D eigenvalue weighted by Crippen LogP contribution is -2.42. The van der Waals surface area contributed by atoms with Crippen molar-refractivity contribution in [2.45, 2.75) is 24.6 Å². The molecule has 0 radical (unpaired) electrons. The van der Waals surface area contributed by atoms with E-state index < -0.39 is 10.0 Å². The fraction of sp³-hybridized carbons (Fsp3) is 0.412. The summed E-state index contributed by atoms with van der Waals surface area (Å²) in [4.78, 5) is 8.35. The molecule has 1 fully saturated rings. The van der Waals surface area contributed by atoms with E-state index in [1.165, 1.54) is 0 Å². The van der Waals surface area contributed by atoms with Crippen LogP contribution in [0.2, 0.25) is 0 Å². The van der Waals surface area contributed by atoms with Gasteiger partial charge >= 0.3 is 0 Å². The second kappa shape index (κ2) is 7.79. The molecule has 0 unspecified atom stereocenters. The summed E-state index contributed by atoms with van der Waals surface area (Å²) in [6, 6.07) is 9.42. The average Bonchev–Trinajstić information content (AvgIpc) is 2.63. The van der Waals surface area contributed by atoms with Crippen LogP contribution in [0, 0.1) is 0 Å². The van der Waals surface area contributed by atoms with Gasteiger partial charge in [-0.15, -0.1) is 0 Å². The van der Waals surface area contributed by atoms with Crippen molar-refractivity contribution < 1.29 is 13.2 Å².